The van der Waals surface area contributed by atoms with Crippen molar-refractivity contribution in [3.05, 3.63) is 30.0 Å². The Labute approximate surface area is 125 Å². The summed E-state index contributed by atoms with van der Waals surface area (Å²) in [7, 11) is 2.83. The molecule has 1 aliphatic heterocycles. The molecule has 0 atom stereocenters. The number of benzene rings is 1. The van der Waals surface area contributed by atoms with E-state index in [4.69, 9.17) is 9.47 Å². The summed E-state index contributed by atoms with van der Waals surface area (Å²) < 4.78 is 10.0. The Kier molecular flexibility index (Phi) is 4.47. The van der Waals surface area contributed by atoms with Crippen LogP contribution in [-0.2, 0) is 4.79 Å². The molecular formula is C13H13N5O4. The van der Waals surface area contributed by atoms with Gasteiger partial charge in [0.2, 0.25) is 5.75 Å². The topological polar surface area (TPSA) is 117 Å². The molecule has 0 fully saturated rings. The minimum Gasteiger partial charge on any atom is -0.502 e. The second-order valence-electron chi connectivity index (χ2n) is 4.04. The first-order valence-electron chi connectivity index (χ1n) is 6.03. The number of phenolic OH excluding ortho intramolecular Hbond substituents is 1. The van der Waals surface area contributed by atoms with Crippen molar-refractivity contribution < 1.29 is 19.4 Å². The molecule has 1 aliphatic rings. The Morgan fingerprint density at radius 2 is 1.91 bits per heavy atom. The van der Waals surface area contributed by atoms with E-state index in [1.165, 1.54) is 20.4 Å². The number of guanidine groups is 1. The molecule has 1 aromatic rings. The summed E-state index contributed by atoms with van der Waals surface area (Å²) in [4.78, 5) is 11.3. The molecule has 0 bridgehead atoms. The molecule has 114 valence electrons. The van der Waals surface area contributed by atoms with Crippen LogP contribution in [0.3, 0.4) is 0 Å². The summed E-state index contributed by atoms with van der Waals surface area (Å²) in [5.41, 5.74) is 0.565. The van der Waals surface area contributed by atoms with Crippen molar-refractivity contribution in [3.63, 3.8) is 0 Å². The number of azo groups is 1. The van der Waals surface area contributed by atoms with Crippen LogP contribution in [0, 0.1) is 0 Å². The number of amides is 1. The van der Waals surface area contributed by atoms with Gasteiger partial charge in [0, 0.05) is 5.56 Å². The normalized spacial score (nSPS) is 16.2. The lowest BCUT2D eigenvalue weighted by molar-refractivity contribution is -0.116. The Balaban J connectivity index is 2.22. The van der Waals surface area contributed by atoms with Gasteiger partial charge in [0.15, 0.2) is 11.5 Å². The van der Waals surface area contributed by atoms with E-state index >= 15 is 0 Å². The Morgan fingerprint density at radius 1 is 1.27 bits per heavy atom. The fraction of sp³-hybridized carbons (Fsp3) is 0.154. The number of hydrogen-bond donors (Lipinski definition) is 2. The number of aromatic hydroxyl groups is 1. The van der Waals surface area contributed by atoms with Crippen LogP contribution in [0.25, 0.3) is 0 Å². The molecule has 0 aromatic heterocycles. The Morgan fingerprint density at radius 3 is 2.45 bits per heavy atom. The van der Waals surface area contributed by atoms with Gasteiger partial charge in [0.05, 0.1) is 20.4 Å². The summed E-state index contributed by atoms with van der Waals surface area (Å²) in [6, 6.07) is 3.09. The highest BCUT2D eigenvalue weighted by Crippen LogP contribution is 2.36. The Hall–Kier alpha value is -3.23. The molecule has 0 saturated heterocycles. The van der Waals surface area contributed by atoms with Crippen molar-refractivity contribution in [1.82, 2.24) is 5.32 Å². The molecule has 0 saturated carbocycles. The van der Waals surface area contributed by atoms with E-state index in [0.29, 0.717) is 5.56 Å². The number of rotatable bonds is 4. The van der Waals surface area contributed by atoms with Gasteiger partial charge in [-0.05, 0) is 12.1 Å². The largest absolute Gasteiger partial charge is 0.502 e. The van der Waals surface area contributed by atoms with Gasteiger partial charge >= 0.3 is 0 Å². The number of ether oxygens (including phenoxy) is 2. The van der Waals surface area contributed by atoms with Crippen molar-refractivity contribution in [2.45, 2.75) is 0 Å². The molecule has 9 nitrogen and oxygen atoms in total. The summed E-state index contributed by atoms with van der Waals surface area (Å²) >= 11 is 0. The fourth-order valence-corrected chi connectivity index (χ4v) is 1.54. The minimum atomic E-state index is -0.489. The van der Waals surface area contributed by atoms with Crippen LogP contribution in [-0.4, -0.2) is 37.4 Å². The lowest BCUT2D eigenvalue weighted by Gasteiger charge is -2.09. The molecule has 2 rings (SSSR count). The van der Waals surface area contributed by atoms with Crippen LogP contribution < -0.4 is 14.8 Å². The second-order valence-corrected chi connectivity index (χ2v) is 4.04. The molecule has 1 amide bonds. The smallest absolute Gasteiger partial charge is 0.277 e. The fourth-order valence-electron chi connectivity index (χ4n) is 1.54. The zero-order valence-corrected chi connectivity index (χ0v) is 11.9. The van der Waals surface area contributed by atoms with E-state index in [9.17, 15) is 9.90 Å². The van der Waals surface area contributed by atoms with Crippen LogP contribution in [0.15, 0.2) is 44.8 Å². The number of nitrogens with zero attached hydrogens (tertiary/aromatic N) is 4. The standard InChI is InChI=1S/C13H13N5O4/c1-7-12(20)15-13(18-16-7)17-14-6-8-4-9(21-2)11(19)10(5-8)22-3/h4-6,19H,1H2,2-3H3,(H,15,17,20)/b14-6+. The number of phenols is 1. The predicted octanol–water partition coefficient (Wildman–Crippen LogP) is 1.19. The van der Waals surface area contributed by atoms with Gasteiger partial charge in [-0.2, -0.15) is 5.10 Å². The van der Waals surface area contributed by atoms with E-state index in [1.807, 2.05) is 0 Å². The first kappa shape index (κ1) is 15.2. The summed E-state index contributed by atoms with van der Waals surface area (Å²) in [6.45, 7) is 3.39. The third-order valence-electron chi connectivity index (χ3n) is 2.61. The average Bonchev–Trinajstić information content (AvgIpc) is 2.52. The van der Waals surface area contributed by atoms with Crippen LogP contribution >= 0.6 is 0 Å². The van der Waals surface area contributed by atoms with Crippen molar-refractivity contribution in [2.75, 3.05) is 14.2 Å². The first-order valence-corrected chi connectivity index (χ1v) is 6.03. The van der Waals surface area contributed by atoms with Gasteiger partial charge in [-0.1, -0.05) is 6.58 Å². The Bertz CT molecular complexity index is 683. The maximum absolute atomic E-state index is 11.3. The third kappa shape index (κ3) is 3.26. The summed E-state index contributed by atoms with van der Waals surface area (Å²) in [6.07, 6.45) is 1.38. The highest BCUT2D eigenvalue weighted by Gasteiger charge is 2.14. The molecule has 0 spiro atoms. The van der Waals surface area contributed by atoms with Crippen molar-refractivity contribution in [3.8, 4) is 17.2 Å². The van der Waals surface area contributed by atoms with Gasteiger partial charge in [-0.25, -0.2) is 0 Å². The second kappa shape index (κ2) is 6.48. The predicted molar refractivity (Wildman–Crippen MR) is 78.4 cm³/mol. The molecule has 2 N–H and O–H groups in total. The maximum Gasteiger partial charge on any atom is 0.277 e. The third-order valence-corrected chi connectivity index (χ3v) is 2.61. The molecule has 0 aliphatic carbocycles. The molecule has 0 unspecified atom stereocenters. The highest BCUT2D eigenvalue weighted by molar-refractivity contribution is 6.06. The molecule has 1 heterocycles. The van der Waals surface area contributed by atoms with Gasteiger partial charge in [0.1, 0.15) is 5.70 Å². The molecule has 22 heavy (non-hydrogen) atoms. The molecular weight excluding hydrogens is 290 g/mol. The van der Waals surface area contributed by atoms with E-state index in [1.54, 1.807) is 12.1 Å². The summed E-state index contributed by atoms with van der Waals surface area (Å²) in [5.74, 6) is -0.186. The SMILES string of the molecule is C=C1N=N/C(=N/N=C/c2cc(OC)c(O)c(OC)c2)NC1=O. The monoisotopic (exact) mass is 303 g/mol. The molecule has 9 heteroatoms. The zero-order valence-electron chi connectivity index (χ0n) is 11.9. The quantitative estimate of drug-likeness (QED) is 0.493. The van der Waals surface area contributed by atoms with Gasteiger partial charge in [-0.15, -0.1) is 15.3 Å². The lowest BCUT2D eigenvalue weighted by atomic mass is 10.2. The highest BCUT2D eigenvalue weighted by atomic mass is 16.5. The summed E-state index contributed by atoms with van der Waals surface area (Å²) in [5, 5.41) is 26.8. The molecule has 0 radical (unpaired) electrons. The van der Waals surface area contributed by atoms with Crippen LogP contribution in [0.4, 0.5) is 0 Å². The molecule has 1 aromatic carbocycles. The van der Waals surface area contributed by atoms with Gasteiger partial charge in [0.25, 0.3) is 11.9 Å². The van der Waals surface area contributed by atoms with E-state index in [-0.39, 0.29) is 28.9 Å². The van der Waals surface area contributed by atoms with Crippen LogP contribution in [0.5, 0.6) is 17.2 Å². The number of carbonyl (C=O) groups excluding carboxylic acids is 1. The van der Waals surface area contributed by atoms with E-state index < -0.39 is 5.91 Å². The zero-order chi connectivity index (χ0) is 16.1. The van der Waals surface area contributed by atoms with Crippen molar-refractivity contribution in [1.29, 1.82) is 0 Å². The van der Waals surface area contributed by atoms with E-state index in [0.717, 1.165) is 0 Å². The van der Waals surface area contributed by atoms with Crippen LogP contribution in [0.2, 0.25) is 0 Å². The minimum absolute atomic E-state index is 0.00376. The number of methoxy groups -OCH3 is 2. The van der Waals surface area contributed by atoms with Gasteiger partial charge in [-0.3, -0.25) is 10.1 Å². The van der Waals surface area contributed by atoms with Crippen LogP contribution in [0.1, 0.15) is 5.56 Å². The average molecular weight is 303 g/mol. The lowest BCUT2D eigenvalue weighted by Crippen LogP contribution is -2.32. The first-order chi connectivity index (χ1) is 10.5. The number of nitrogens with one attached hydrogen (secondary N) is 1. The number of hydrogen-bond acceptors (Lipinski definition) is 7. The van der Waals surface area contributed by atoms with Gasteiger partial charge < -0.3 is 14.6 Å². The van der Waals surface area contributed by atoms with Crippen molar-refractivity contribution >= 4 is 18.1 Å². The maximum atomic E-state index is 11.3. The number of carbonyl (C=O) groups is 1. The van der Waals surface area contributed by atoms with Crippen molar-refractivity contribution in [2.24, 2.45) is 20.4 Å². The van der Waals surface area contributed by atoms with E-state index in [2.05, 4.69) is 32.3 Å².